The number of aromatic nitrogens is 2. The van der Waals surface area contributed by atoms with E-state index in [1.165, 1.54) is 18.5 Å². The van der Waals surface area contributed by atoms with Crippen molar-refractivity contribution in [1.29, 1.82) is 0 Å². The lowest BCUT2D eigenvalue weighted by Gasteiger charge is -2.27. The largest absolute Gasteiger partial charge is 0.378 e. The molecule has 0 atom stereocenters. The van der Waals surface area contributed by atoms with Gasteiger partial charge in [0.2, 0.25) is 0 Å². The Bertz CT molecular complexity index is 656. The van der Waals surface area contributed by atoms with Crippen LogP contribution in [-0.4, -0.2) is 41.2 Å². The molecule has 0 aliphatic carbocycles. The molecule has 1 aromatic carbocycles. The minimum absolute atomic E-state index is 0.0547. The highest BCUT2D eigenvalue weighted by atomic mass is 16.6. The Morgan fingerprint density at radius 3 is 2.76 bits per heavy atom. The molecule has 0 bridgehead atoms. The van der Waals surface area contributed by atoms with Gasteiger partial charge >= 0.3 is 0 Å². The van der Waals surface area contributed by atoms with Crippen LogP contribution in [0.15, 0.2) is 36.7 Å². The van der Waals surface area contributed by atoms with Crippen molar-refractivity contribution in [3.63, 3.8) is 0 Å². The molecule has 3 rings (SSSR count). The average Bonchev–Trinajstić information content (AvgIpc) is 2.56. The lowest BCUT2D eigenvalue weighted by molar-refractivity contribution is -0.384. The van der Waals surface area contributed by atoms with E-state index in [1.54, 1.807) is 12.1 Å². The molecule has 0 spiro atoms. The van der Waals surface area contributed by atoms with Crippen LogP contribution in [0.3, 0.4) is 0 Å². The normalized spacial score (nSPS) is 15.0. The second-order valence-corrected chi connectivity index (χ2v) is 4.67. The van der Waals surface area contributed by atoms with Crippen LogP contribution in [0.4, 0.5) is 11.5 Å². The lowest BCUT2D eigenvalue weighted by Crippen LogP contribution is -2.36. The first-order valence-electron chi connectivity index (χ1n) is 6.63. The Morgan fingerprint density at radius 2 is 2.00 bits per heavy atom. The number of nitrogens with zero attached hydrogens (tertiary/aromatic N) is 4. The van der Waals surface area contributed by atoms with Crippen molar-refractivity contribution in [1.82, 2.24) is 9.97 Å². The zero-order valence-corrected chi connectivity index (χ0v) is 11.3. The number of anilines is 1. The first-order valence-corrected chi connectivity index (χ1v) is 6.63. The minimum atomic E-state index is -0.409. The van der Waals surface area contributed by atoms with Gasteiger partial charge in [0.05, 0.1) is 23.8 Å². The quantitative estimate of drug-likeness (QED) is 0.633. The summed E-state index contributed by atoms with van der Waals surface area (Å²) in [6, 6.07) is 8.30. The van der Waals surface area contributed by atoms with Crippen molar-refractivity contribution < 1.29 is 9.66 Å². The summed E-state index contributed by atoms with van der Waals surface area (Å²) in [6.07, 6.45) is 1.49. The third kappa shape index (κ3) is 2.97. The van der Waals surface area contributed by atoms with Gasteiger partial charge in [0.15, 0.2) is 0 Å². The molecule has 0 saturated carbocycles. The molecule has 1 aliphatic heterocycles. The molecule has 2 aromatic rings. The van der Waals surface area contributed by atoms with Crippen LogP contribution >= 0.6 is 0 Å². The summed E-state index contributed by atoms with van der Waals surface area (Å²) >= 11 is 0. The lowest BCUT2D eigenvalue weighted by atomic mass is 10.1. The molecule has 0 radical (unpaired) electrons. The van der Waals surface area contributed by atoms with E-state index in [2.05, 4.69) is 14.9 Å². The molecule has 0 N–H and O–H groups in total. The van der Waals surface area contributed by atoms with E-state index in [1.807, 2.05) is 6.07 Å². The van der Waals surface area contributed by atoms with Crippen LogP contribution in [-0.2, 0) is 4.74 Å². The van der Waals surface area contributed by atoms with Crippen molar-refractivity contribution in [2.24, 2.45) is 0 Å². The van der Waals surface area contributed by atoms with Crippen molar-refractivity contribution in [3.05, 3.63) is 46.8 Å². The zero-order valence-electron chi connectivity index (χ0n) is 11.3. The molecule has 1 fully saturated rings. The molecular weight excluding hydrogens is 272 g/mol. The Labute approximate surface area is 121 Å². The molecule has 0 unspecified atom stereocenters. The van der Waals surface area contributed by atoms with Gasteiger partial charge in [-0.25, -0.2) is 9.97 Å². The number of morpholine rings is 1. The zero-order chi connectivity index (χ0) is 14.7. The van der Waals surface area contributed by atoms with Gasteiger partial charge in [-0.15, -0.1) is 0 Å². The fourth-order valence-electron chi connectivity index (χ4n) is 2.25. The van der Waals surface area contributed by atoms with E-state index >= 15 is 0 Å². The van der Waals surface area contributed by atoms with Crippen LogP contribution in [0.5, 0.6) is 0 Å². The molecule has 7 nitrogen and oxygen atoms in total. The molecule has 2 heterocycles. The van der Waals surface area contributed by atoms with E-state index in [4.69, 9.17) is 4.74 Å². The predicted octanol–water partition coefficient (Wildman–Crippen LogP) is 1.89. The third-order valence-electron chi connectivity index (χ3n) is 3.34. The fraction of sp³-hybridized carbons (Fsp3) is 0.286. The third-order valence-corrected chi connectivity index (χ3v) is 3.34. The second-order valence-electron chi connectivity index (χ2n) is 4.67. The van der Waals surface area contributed by atoms with Gasteiger partial charge in [-0.1, -0.05) is 12.1 Å². The summed E-state index contributed by atoms with van der Waals surface area (Å²) in [4.78, 5) is 21.0. The van der Waals surface area contributed by atoms with Crippen LogP contribution in [0.2, 0.25) is 0 Å². The van der Waals surface area contributed by atoms with E-state index in [-0.39, 0.29) is 5.69 Å². The first-order chi connectivity index (χ1) is 10.2. The Balaban J connectivity index is 1.92. The SMILES string of the molecule is O=[N+]([O-])c1cccc(-c2cc(N3CCOCC3)ncn2)c1. The van der Waals surface area contributed by atoms with Crippen LogP contribution in [0, 0.1) is 10.1 Å². The maximum Gasteiger partial charge on any atom is 0.270 e. The summed E-state index contributed by atoms with van der Waals surface area (Å²) in [7, 11) is 0. The molecule has 1 aliphatic rings. The minimum Gasteiger partial charge on any atom is -0.378 e. The van der Waals surface area contributed by atoms with Crippen LogP contribution in [0.25, 0.3) is 11.3 Å². The summed E-state index contributed by atoms with van der Waals surface area (Å²) < 4.78 is 5.32. The number of benzene rings is 1. The van der Waals surface area contributed by atoms with Crippen molar-refractivity contribution in [3.8, 4) is 11.3 Å². The average molecular weight is 286 g/mol. The van der Waals surface area contributed by atoms with Gasteiger partial charge in [-0.2, -0.15) is 0 Å². The summed E-state index contributed by atoms with van der Waals surface area (Å²) in [6.45, 7) is 2.92. The number of nitro groups is 1. The van der Waals surface area contributed by atoms with Crippen molar-refractivity contribution in [2.45, 2.75) is 0 Å². The molecule has 108 valence electrons. The monoisotopic (exact) mass is 286 g/mol. The van der Waals surface area contributed by atoms with E-state index in [0.29, 0.717) is 24.5 Å². The van der Waals surface area contributed by atoms with E-state index in [9.17, 15) is 10.1 Å². The second kappa shape index (κ2) is 5.84. The smallest absolute Gasteiger partial charge is 0.270 e. The van der Waals surface area contributed by atoms with Crippen molar-refractivity contribution in [2.75, 3.05) is 31.2 Å². The number of hydrogen-bond donors (Lipinski definition) is 0. The molecule has 7 heteroatoms. The van der Waals surface area contributed by atoms with Gasteiger partial charge in [-0.3, -0.25) is 10.1 Å². The van der Waals surface area contributed by atoms with E-state index in [0.717, 1.165) is 18.9 Å². The molecule has 1 saturated heterocycles. The molecule has 1 aromatic heterocycles. The summed E-state index contributed by atoms with van der Waals surface area (Å²) in [5, 5.41) is 10.8. The number of hydrogen-bond acceptors (Lipinski definition) is 6. The van der Waals surface area contributed by atoms with Gasteiger partial charge in [0.25, 0.3) is 5.69 Å². The molecule has 21 heavy (non-hydrogen) atoms. The highest BCUT2D eigenvalue weighted by Gasteiger charge is 2.14. The predicted molar refractivity (Wildman–Crippen MR) is 77.2 cm³/mol. The molecule has 0 amide bonds. The maximum absolute atomic E-state index is 10.8. The maximum atomic E-state index is 10.8. The highest BCUT2D eigenvalue weighted by molar-refractivity contribution is 5.65. The van der Waals surface area contributed by atoms with Crippen LogP contribution < -0.4 is 4.90 Å². The van der Waals surface area contributed by atoms with Gasteiger partial charge in [0.1, 0.15) is 12.1 Å². The number of non-ortho nitro benzene ring substituents is 1. The number of rotatable bonds is 3. The Kier molecular flexibility index (Phi) is 3.74. The van der Waals surface area contributed by atoms with Crippen LogP contribution in [0.1, 0.15) is 0 Å². The molecular formula is C14H14N4O3. The van der Waals surface area contributed by atoms with Gasteiger partial charge in [0, 0.05) is 36.9 Å². The number of nitro benzene ring substituents is 1. The Hall–Kier alpha value is -2.54. The van der Waals surface area contributed by atoms with Gasteiger partial charge < -0.3 is 9.64 Å². The van der Waals surface area contributed by atoms with E-state index < -0.39 is 4.92 Å². The Morgan fingerprint density at radius 1 is 1.19 bits per heavy atom. The van der Waals surface area contributed by atoms with Crippen molar-refractivity contribution >= 4 is 11.5 Å². The number of ether oxygens (including phenoxy) is 1. The fourth-order valence-corrected chi connectivity index (χ4v) is 2.25. The van der Waals surface area contributed by atoms with Gasteiger partial charge in [-0.05, 0) is 0 Å². The highest BCUT2D eigenvalue weighted by Crippen LogP contribution is 2.24. The first kappa shape index (κ1) is 13.4. The summed E-state index contributed by atoms with van der Waals surface area (Å²) in [5.41, 5.74) is 1.44. The summed E-state index contributed by atoms with van der Waals surface area (Å²) in [5.74, 6) is 0.815. The standard InChI is InChI=1S/C14H14N4O3/c19-18(20)12-3-1-2-11(8-12)13-9-14(16-10-15-13)17-4-6-21-7-5-17/h1-3,8-10H,4-7H2. The topological polar surface area (TPSA) is 81.4 Å².